The number of hydrogen-bond donors (Lipinski definition) is 4. The minimum absolute atomic E-state index is 0. The van der Waals surface area contributed by atoms with Crippen LogP contribution < -0.4 is 41.1 Å². The lowest BCUT2D eigenvalue weighted by atomic mass is 9.96. The first-order chi connectivity index (χ1) is 31.8. The summed E-state index contributed by atoms with van der Waals surface area (Å²) in [6.45, 7) is 3.31. The molecule has 2 aromatic carbocycles. The standard InChI is InChI=1S/C23H26N4O4.C22H23N3O5.CH5N.CH2O2.CH4.ClH/c1-24-22(28)15-10-27(11-15)13-19-20(30-3)7-14(8-21(19)31-4)18-12-26(2)23(29)17-9-25-6-5-16(17)18;1-24-11-17(15-4-5-23-8-16(15)21(24)26)13-6-19(29-2)18(20(7-13)30-3)12-25-9-14(10-25)22(27)28;1-2;2-1-3;;/h5-9,12,15H,10-11,13H2,1-4H3,(H,24,28);4-8,11,14H,9-10,12H2,1-3H3,(H,27,28);2H2,1H3;1H,(H,2,3);1H4;1H. The molecule has 2 aliphatic heterocycles. The smallest absolute Gasteiger partial charge is 0.309 e. The van der Waals surface area contributed by atoms with Crippen molar-refractivity contribution in [1.29, 1.82) is 0 Å². The molecule has 5 N–H and O–H groups in total. The number of nitrogens with one attached hydrogen (secondary N) is 1. The second-order valence-electron chi connectivity index (χ2n) is 15.3. The number of halogens is 1. The summed E-state index contributed by atoms with van der Waals surface area (Å²) in [5, 5.41) is 21.4. The Morgan fingerprint density at radius 1 is 0.706 bits per heavy atom. The lowest BCUT2D eigenvalue weighted by Crippen LogP contribution is -2.52. The van der Waals surface area contributed by atoms with Gasteiger partial charge in [0.1, 0.15) is 23.0 Å². The number of nitrogens with zero attached hydrogens (tertiary/aromatic N) is 6. The van der Waals surface area contributed by atoms with E-state index in [2.05, 4.69) is 25.9 Å². The van der Waals surface area contributed by atoms with Crippen LogP contribution >= 0.6 is 12.4 Å². The molecule has 0 spiro atoms. The topological polar surface area (TPSA) is 243 Å². The number of ether oxygens (including phenoxy) is 4. The molecule has 0 saturated carbocycles. The Balaban J connectivity index is 0.000000321. The van der Waals surface area contributed by atoms with E-state index in [9.17, 15) is 19.2 Å². The number of aryl methyl sites for hydroxylation is 2. The Morgan fingerprint density at radius 3 is 1.35 bits per heavy atom. The number of aromatic nitrogens is 4. The third-order valence-corrected chi connectivity index (χ3v) is 11.5. The van der Waals surface area contributed by atoms with Crippen molar-refractivity contribution in [3.63, 3.8) is 0 Å². The van der Waals surface area contributed by atoms with Gasteiger partial charge in [0, 0.05) is 109 Å². The first-order valence-corrected chi connectivity index (χ1v) is 20.7. The highest BCUT2D eigenvalue weighted by Crippen LogP contribution is 2.40. The van der Waals surface area contributed by atoms with Crippen LogP contribution in [0.3, 0.4) is 0 Å². The van der Waals surface area contributed by atoms with Crippen LogP contribution in [0.1, 0.15) is 18.6 Å². The van der Waals surface area contributed by atoms with Crippen molar-refractivity contribution in [3.05, 3.63) is 105 Å². The molecular weight excluding hydrogens is 900 g/mol. The van der Waals surface area contributed by atoms with E-state index in [-0.39, 0.29) is 55.2 Å². The van der Waals surface area contributed by atoms with Gasteiger partial charge in [-0.3, -0.25) is 43.7 Å². The summed E-state index contributed by atoms with van der Waals surface area (Å²) < 4.78 is 25.8. The van der Waals surface area contributed by atoms with Gasteiger partial charge < -0.3 is 49.3 Å². The van der Waals surface area contributed by atoms with Crippen molar-refractivity contribution in [2.24, 2.45) is 31.7 Å². The molecule has 8 rings (SSSR count). The van der Waals surface area contributed by atoms with E-state index in [1.54, 1.807) is 85.1 Å². The molecule has 6 aromatic rings. The summed E-state index contributed by atoms with van der Waals surface area (Å²) in [4.78, 5) is 68.6. The van der Waals surface area contributed by atoms with Crippen LogP contribution in [0.25, 0.3) is 43.8 Å². The number of carboxylic acids is 1. The number of nitrogens with two attached hydrogens (primary N) is 1. The quantitative estimate of drug-likeness (QED) is 0.125. The Hall–Kier alpha value is -7.06. The van der Waals surface area contributed by atoms with Crippen molar-refractivity contribution in [2.45, 2.75) is 20.5 Å². The van der Waals surface area contributed by atoms with Gasteiger partial charge in [-0.05, 0) is 65.3 Å². The summed E-state index contributed by atoms with van der Waals surface area (Å²) in [5.74, 6) is 1.71. The molecule has 2 fully saturated rings. The van der Waals surface area contributed by atoms with E-state index < -0.39 is 5.97 Å². The molecular formula is C48H61ClN8O11. The molecule has 2 saturated heterocycles. The maximum atomic E-state index is 12.5. The van der Waals surface area contributed by atoms with Crippen LogP contribution in [0.2, 0.25) is 0 Å². The molecule has 0 atom stereocenters. The van der Waals surface area contributed by atoms with E-state index >= 15 is 0 Å². The van der Waals surface area contributed by atoms with E-state index in [4.69, 9.17) is 34.0 Å². The number of benzene rings is 2. The molecule has 366 valence electrons. The van der Waals surface area contributed by atoms with Crippen molar-refractivity contribution in [2.75, 3.05) is 68.7 Å². The summed E-state index contributed by atoms with van der Waals surface area (Å²) in [7, 11) is 13.1. The zero-order chi connectivity index (χ0) is 48.2. The van der Waals surface area contributed by atoms with E-state index in [0.717, 1.165) is 44.2 Å². The number of carbonyl (C=O) groups is 3. The van der Waals surface area contributed by atoms with Crippen LogP contribution in [0, 0.1) is 11.8 Å². The fourth-order valence-corrected chi connectivity index (χ4v) is 8.05. The molecule has 4 aromatic heterocycles. The molecule has 0 unspecified atom stereocenters. The Labute approximate surface area is 400 Å². The molecule has 20 heteroatoms. The van der Waals surface area contributed by atoms with Gasteiger partial charge in [0.05, 0.1) is 62.2 Å². The van der Waals surface area contributed by atoms with Crippen molar-refractivity contribution in [3.8, 4) is 45.3 Å². The van der Waals surface area contributed by atoms with Crippen LogP contribution in [0.4, 0.5) is 0 Å². The predicted molar refractivity (Wildman–Crippen MR) is 263 cm³/mol. The van der Waals surface area contributed by atoms with Crippen LogP contribution in [0.5, 0.6) is 23.0 Å². The number of pyridine rings is 4. The third-order valence-electron chi connectivity index (χ3n) is 11.5. The van der Waals surface area contributed by atoms with Crippen molar-refractivity contribution in [1.82, 2.24) is 34.2 Å². The first-order valence-electron chi connectivity index (χ1n) is 20.7. The molecule has 0 bridgehead atoms. The number of carbonyl (C=O) groups excluding carboxylic acids is 1. The average molecular weight is 962 g/mol. The van der Waals surface area contributed by atoms with E-state index in [1.165, 1.54) is 11.6 Å². The average Bonchev–Trinajstić information content (AvgIpc) is 3.31. The second kappa shape index (κ2) is 25.2. The summed E-state index contributed by atoms with van der Waals surface area (Å²) in [6.07, 6.45) is 10.1. The Morgan fingerprint density at radius 2 is 1.04 bits per heavy atom. The molecule has 19 nitrogen and oxygen atoms in total. The molecule has 0 aliphatic carbocycles. The third kappa shape index (κ3) is 11.9. The van der Waals surface area contributed by atoms with Gasteiger partial charge in [0.2, 0.25) is 5.91 Å². The van der Waals surface area contributed by atoms with Crippen molar-refractivity contribution < 1.29 is 43.5 Å². The van der Waals surface area contributed by atoms with Gasteiger partial charge in [0.15, 0.2) is 0 Å². The maximum Gasteiger partial charge on any atom is 0.309 e. The maximum absolute atomic E-state index is 12.5. The van der Waals surface area contributed by atoms with Gasteiger partial charge in [0.25, 0.3) is 17.6 Å². The molecule has 1 amide bonds. The fraction of sp³-hybridized carbons (Fsp3) is 0.354. The number of methoxy groups -OCH3 is 4. The largest absolute Gasteiger partial charge is 0.496 e. The van der Waals surface area contributed by atoms with Crippen molar-refractivity contribution >= 4 is 52.3 Å². The van der Waals surface area contributed by atoms with Gasteiger partial charge in [-0.15, -0.1) is 12.4 Å². The number of hydrogen-bond acceptors (Lipinski definition) is 14. The summed E-state index contributed by atoms with van der Waals surface area (Å²) >= 11 is 0. The zero-order valence-electron chi connectivity index (χ0n) is 38.6. The minimum Gasteiger partial charge on any atom is -0.496 e. The Kier molecular flexibility index (Phi) is 20.5. The van der Waals surface area contributed by atoms with E-state index in [1.807, 2.05) is 47.5 Å². The molecule has 2 aliphatic rings. The SMILES string of the molecule is C.CN.CNC(=O)C1CN(Cc2c(OC)cc(-c3cn(C)c(=O)c4cnccc34)cc2OC)C1.COc1cc(-c2cn(C)c(=O)c3cnccc23)cc(OC)c1CN1CC(C(=O)O)C1.Cl.O=CO. The van der Waals surface area contributed by atoms with Crippen LogP contribution in [-0.2, 0) is 41.6 Å². The minimum atomic E-state index is -0.767. The summed E-state index contributed by atoms with van der Waals surface area (Å²) in [6, 6.07) is 11.4. The molecule has 0 radical (unpaired) electrons. The normalized spacial score (nSPS) is 13.2. The summed E-state index contributed by atoms with van der Waals surface area (Å²) in [5.41, 5.74) is 9.60. The van der Waals surface area contributed by atoms with Crippen LogP contribution in [-0.4, -0.2) is 126 Å². The van der Waals surface area contributed by atoms with E-state index in [0.29, 0.717) is 73.0 Å². The zero-order valence-corrected chi connectivity index (χ0v) is 39.5. The van der Waals surface area contributed by atoms with Gasteiger partial charge in [-0.2, -0.15) is 0 Å². The van der Waals surface area contributed by atoms with Gasteiger partial charge in [-0.1, -0.05) is 7.43 Å². The highest BCUT2D eigenvalue weighted by molar-refractivity contribution is 5.97. The Bertz CT molecular complexity index is 2770. The number of amides is 1. The lowest BCUT2D eigenvalue weighted by molar-refractivity contribution is -0.147. The number of aliphatic carboxylic acids is 1. The molecule has 68 heavy (non-hydrogen) atoms. The van der Waals surface area contributed by atoms with Gasteiger partial charge >= 0.3 is 5.97 Å². The monoisotopic (exact) mass is 960 g/mol. The number of carboxylic acid groups (broad SMARTS) is 2. The number of fused-ring (bicyclic) bond motifs is 2. The fourth-order valence-electron chi connectivity index (χ4n) is 8.05. The highest BCUT2D eigenvalue weighted by Gasteiger charge is 2.34. The molecule has 6 heterocycles. The van der Waals surface area contributed by atoms with Crippen LogP contribution in [0.15, 0.2) is 83.2 Å². The second-order valence-corrected chi connectivity index (χ2v) is 15.3. The highest BCUT2D eigenvalue weighted by atomic mass is 35.5. The number of rotatable bonds is 12. The predicted octanol–water partition coefficient (Wildman–Crippen LogP) is 4.26. The lowest BCUT2D eigenvalue weighted by Gasteiger charge is -2.38. The first kappa shape index (κ1) is 55.3. The number of likely N-dealkylation sites (tertiary alicyclic amines) is 2. The van der Waals surface area contributed by atoms with Gasteiger partial charge in [-0.25, -0.2) is 0 Å².